The van der Waals surface area contributed by atoms with Crippen LogP contribution in [0.1, 0.15) is 13.8 Å². The molecule has 0 fully saturated rings. The Morgan fingerprint density at radius 2 is 2.16 bits per heavy atom. The molecule has 106 valence electrons. The molecule has 1 atom stereocenters. The van der Waals surface area contributed by atoms with Gasteiger partial charge in [-0.25, -0.2) is 8.42 Å². The summed E-state index contributed by atoms with van der Waals surface area (Å²) in [5.41, 5.74) is 5.84. The van der Waals surface area contributed by atoms with Crippen LogP contribution in [0.25, 0.3) is 0 Å². The monoisotopic (exact) mass is 306 g/mol. The van der Waals surface area contributed by atoms with E-state index in [0.717, 1.165) is 0 Å². The molecule has 8 heteroatoms. The van der Waals surface area contributed by atoms with Crippen molar-refractivity contribution >= 4 is 33.3 Å². The molecule has 0 aliphatic rings. The highest BCUT2D eigenvalue weighted by Gasteiger charge is 2.24. The molecular weight excluding hydrogens is 292 g/mol. The smallest absolute Gasteiger partial charge is 0.323 e. The summed E-state index contributed by atoms with van der Waals surface area (Å²) in [7, 11) is -3.91. The zero-order valence-electron chi connectivity index (χ0n) is 10.5. The van der Waals surface area contributed by atoms with E-state index in [9.17, 15) is 13.2 Å². The largest absolute Gasteiger partial charge is 0.465 e. The van der Waals surface area contributed by atoms with Crippen LogP contribution >= 0.6 is 11.6 Å². The summed E-state index contributed by atoms with van der Waals surface area (Å²) < 4.78 is 31.0. The van der Waals surface area contributed by atoms with Crippen molar-refractivity contribution in [3.05, 3.63) is 23.2 Å². The molecule has 1 unspecified atom stereocenters. The summed E-state index contributed by atoms with van der Waals surface area (Å²) in [5, 5.41) is -0.0106. The normalized spacial score (nSPS) is 13.0. The predicted molar refractivity (Wildman–Crippen MR) is 72.3 cm³/mol. The van der Waals surface area contributed by atoms with E-state index >= 15 is 0 Å². The molecule has 1 aromatic carbocycles. The molecule has 0 saturated heterocycles. The van der Waals surface area contributed by atoms with Gasteiger partial charge in [-0.15, -0.1) is 0 Å². The van der Waals surface area contributed by atoms with Gasteiger partial charge in [0.15, 0.2) is 0 Å². The average Bonchev–Trinajstić information content (AvgIpc) is 2.27. The molecule has 0 aliphatic carbocycles. The minimum atomic E-state index is -3.91. The van der Waals surface area contributed by atoms with Gasteiger partial charge in [0.25, 0.3) is 0 Å². The van der Waals surface area contributed by atoms with E-state index in [4.69, 9.17) is 22.1 Å². The van der Waals surface area contributed by atoms with Crippen molar-refractivity contribution < 1.29 is 17.9 Å². The molecule has 0 aliphatic heterocycles. The number of hydrogen-bond donors (Lipinski definition) is 2. The first-order chi connectivity index (χ1) is 8.77. The van der Waals surface area contributed by atoms with E-state index in [2.05, 4.69) is 4.72 Å². The van der Waals surface area contributed by atoms with Crippen LogP contribution in [0.3, 0.4) is 0 Å². The van der Waals surface area contributed by atoms with E-state index < -0.39 is 22.0 Å². The zero-order valence-corrected chi connectivity index (χ0v) is 12.1. The summed E-state index contributed by atoms with van der Waals surface area (Å²) in [6.07, 6.45) is 0. The molecule has 3 N–H and O–H groups in total. The van der Waals surface area contributed by atoms with Crippen molar-refractivity contribution in [2.75, 3.05) is 12.3 Å². The second-order valence-corrected chi connectivity index (χ2v) is 5.87. The third-order valence-electron chi connectivity index (χ3n) is 2.22. The maximum atomic E-state index is 12.0. The molecule has 0 amide bonds. The number of benzene rings is 1. The Bertz CT molecular complexity index is 574. The SMILES string of the molecule is CCOC(=O)C(C)NS(=O)(=O)c1ccc(N)cc1Cl. The Morgan fingerprint density at radius 1 is 1.53 bits per heavy atom. The summed E-state index contributed by atoms with van der Waals surface area (Å²) in [5.74, 6) is -0.655. The highest BCUT2D eigenvalue weighted by Crippen LogP contribution is 2.23. The van der Waals surface area contributed by atoms with Crippen molar-refractivity contribution in [3.63, 3.8) is 0 Å². The van der Waals surface area contributed by atoms with Gasteiger partial charge in [0, 0.05) is 5.69 Å². The standard InChI is InChI=1S/C11H15ClN2O4S/c1-3-18-11(15)7(2)14-19(16,17)10-5-4-8(13)6-9(10)12/h4-7,14H,3,13H2,1-2H3. The van der Waals surface area contributed by atoms with Gasteiger partial charge in [-0.2, -0.15) is 4.72 Å². The molecule has 0 saturated carbocycles. The summed E-state index contributed by atoms with van der Waals surface area (Å²) in [4.78, 5) is 11.2. The van der Waals surface area contributed by atoms with Crippen molar-refractivity contribution in [1.82, 2.24) is 4.72 Å². The lowest BCUT2D eigenvalue weighted by Gasteiger charge is -2.14. The van der Waals surface area contributed by atoms with Crippen LogP contribution < -0.4 is 10.5 Å². The number of hydrogen-bond acceptors (Lipinski definition) is 5. The Morgan fingerprint density at radius 3 is 2.68 bits per heavy atom. The quantitative estimate of drug-likeness (QED) is 0.628. The third-order valence-corrected chi connectivity index (χ3v) is 4.24. The number of halogens is 1. The fourth-order valence-electron chi connectivity index (χ4n) is 1.35. The predicted octanol–water partition coefficient (Wildman–Crippen LogP) is 1.15. The number of nitrogen functional groups attached to an aromatic ring is 1. The second kappa shape index (κ2) is 6.23. The van der Waals surface area contributed by atoms with E-state index in [1.54, 1.807) is 6.92 Å². The van der Waals surface area contributed by atoms with Crippen molar-refractivity contribution in [3.8, 4) is 0 Å². The zero-order chi connectivity index (χ0) is 14.6. The topological polar surface area (TPSA) is 98.5 Å². The molecule has 0 aromatic heterocycles. The molecule has 1 rings (SSSR count). The number of ether oxygens (including phenoxy) is 1. The number of carbonyl (C=O) groups is 1. The molecule has 0 spiro atoms. The number of nitrogens with two attached hydrogens (primary N) is 1. The number of carbonyl (C=O) groups excluding carboxylic acids is 1. The minimum absolute atomic E-state index is 0.0106. The van der Waals surface area contributed by atoms with Crippen LogP contribution in [-0.4, -0.2) is 27.0 Å². The molecule has 6 nitrogen and oxygen atoms in total. The van der Waals surface area contributed by atoms with Crippen LogP contribution in [0.15, 0.2) is 23.1 Å². The fourth-order valence-corrected chi connectivity index (χ4v) is 3.09. The van der Waals surface area contributed by atoms with Crippen LogP contribution in [0.4, 0.5) is 5.69 Å². The molecule has 1 aromatic rings. The Balaban J connectivity index is 2.95. The van der Waals surface area contributed by atoms with Gasteiger partial charge in [-0.1, -0.05) is 11.6 Å². The summed E-state index contributed by atoms with van der Waals surface area (Å²) >= 11 is 5.82. The van der Waals surface area contributed by atoms with Crippen LogP contribution in [0.2, 0.25) is 5.02 Å². The molecule has 0 radical (unpaired) electrons. The van der Waals surface area contributed by atoms with Gasteiger partial charge >= 0.3 is 5.97 Å². The van der Waals surface area contributed by atoms with Crippen molar-refractivity contribution in [1.29, 1.82) is 0 Å². The van der Waals surface area contributed by atoms with Gasteiger partial charge in [0.05, 0.1) is 11.6 Å². The lowest BCUT2D eigenvalue weighted by molar-refractivity contribution is -0.144. The average molecular weight is 307 g/mol. The third kappa shape index (κ3) is 4.09. The van der Waals surface area contributed by atoms with Crippen molar-refractivity contribution in [2.24, 2.45) is 0 Å². The van der Waals surface area contributed by atoms with Gasteiger partial charge < -0.3 is 10.5 Å². The Kier molecular flexibility index (Phi) is 5.16. The fraction of sp³-hybridized carbons (Fsp3) is 0.364. The lowest BCUT2D eigenvalue weighted by atomic mass is 10.3. The first-order valence-electron chi connectivity index (χ1n) is 5.52. The Hall–Kier alpha value is -1.31. The highest BCUT2D eigenvalue weighted by molar-refractivity contribution is 7.89. The summed E-state index contributed by atoms with van der Waals surface area (Å²) in [6.45, 7) is 3.20. The molecule has 0 bridgehead atoms. The number of rotatable bonds is 5. The first kappa shape index (κ1) is 15.7. The number of esters is 1. The van der Waals surface area contributed by atoms with Crippen LogP contribution in [0.5, 0.6) is 0 Å². The van der Waals surface area contributed by atoms with Crippen LogP contribution in [-0.2, 0) is 19.6 Å². The van der Waals surface area contributed by atoms with E-state index in [0.29, 0.717) is 5.69 Å². The molecular formula is C11H15ClN2O4S. The van der Waals surface area contributed by atoms with E-state index in [1.807, 2.05) is 0 Å². The maximum absolute atomic E-state index is 12.0. The molecule has 19 heavy (non-hydrogen) atoms. The van der Waals surface area contributed by atoms with Gasteiger partial charge in [-0.3, -0.25) is 4.79 Å². The number of nitrogens with one attached hydrogen (secondary N) is 1. The van der Waals surface area contributed by atoms with Crippen molar-refractivity contribution in [2.45, 2.75) is 24.8 Å². The minimum Gasteiger partial charge on any atom is -0.465 e. The lowest BCUT2D eigenvalue weighted by Crippen LogP contribution is -2.39. The van der Waals surface area contributed by atoms with Crippen LogP contribution in [0, 0.1) is 0 Å². The second-order valence-electron chi connectivity index (χ2n) is 3.78. The van der Waals surface area contributed by atoms with Gasteiger partial charge in [0.1, 0.15) is 10.9 Å². The Labute approximate surface area is 116 Å². The molecule has 0 heterocycles. The van der Waals surface area contributed by atoms with Gasteiger partial charge in [0.2, 0.25) is 10.0 Å². The maximum Gasteiger partial charge on any atom is 0.323 e. The van der Waals surface area contributed by atoms with Gasteiger partial charge in [-0.05, 0) is 32.0 Å². The van der Waals surface area contributed by atoms with E-state index in [-0.39, 0.29) is 16.5 Å². The number of sulfonamides is 1. The highest BCUT2D eigenvalue weighted by atomic mass is 35.5. The number of anilines is 1. The first-order valence-corrected chi connectivity index (χ1v) is 7.38. The summed E-state index contributed by atoms with van der Waals surface area (Å²) in [6, 6.07) is 3.01. The van der Waals surface area contributed by atoms with E-state index in [1.165, 1.54) is 25.1 Å².